The third kappa shape index (κ3) is 3.40. The van der Waals surface area contributed by atoms with Crippen LogP contribution < -0.4 is 0 Å². The summed E-state index contributed by atoms with van der Waals surface area (Å²) in [4.78, 5) is 25.1. The Bertz CT molecular complexity index is 479. The molecule has 4 heteroatoms. The second-order valence-electron chi connectivity index (χ2n) is 5.03. The molecule has 0 atom stereocenters. The lowest BCUT2D eigenvalue weighted by Gasteiger charge is -2.31. The van der Waals surface area contributed by atoms with Crippen LogP contribution in [-0.2, 0) is 16.0 Å². The predicted molar refractivity (Wildman–Crippen MR) is 70.1 cm³/mol. The molecule has 0 spiro atoms. The number of ketones is 1. The first-order chi connectivity index (χ1) is 9.08. The Morgan fingerprint density at radius 3 is 2.47 bits per heavy atom. The number of Topliss-reactive ketones (excluding diaryl/α,β-unsaturated/α-hetero) is 1. The van der Waals surface area contributed by atoms with E-state index >= 15 is 0 Å². The minimum atomic E-state index is -0.338. The highest BCUT2D eigenvalue weighted by molar-refractivity contribution is 5.80. The first-order valence-electron chi connectivity index (χ1n) is 6.59. The number of piperidine rings is 1. The van der Waals surface area contributed by atoms with Crippen LogP contribution in [0.5, 0.6) is 0 Å². The molecule has 0 radical (unpaired) electrons. The lowest BCUT2D eigenvalue weighted by molar-refractivity contribution is -0.134. The molecule has 0 unspecified atom stereocenters. The topological polar surface area (TPSA) is 37.4 Å². The van der Waals surface area contributed by atoms with Crippen molar-refractivity contribution < 1.29 is 14.0 Å². The van der Waals surface area contributed by atoms with Crippen molar-refractivity contribution >= 4 is 11.7 Å². The van der Waals surface area contributed by atoms with Crippen LogP contribution in [0, 0.1) is 11.7 Å². The van der Waals surface area contributed by atoms with Gasteiger partial charge in [-0.1, -0.05) is 18.2 Å². The van der Waals surface area contributed by atoms with Gasteiger partial charge in [0.2, 0.25) is 5.91 Å². The van der Waals surface area contributed by atoms with Crippen molar-refractivity contribution in [1.82, 2.24) is 4.90 Å². The molecule has 19 heavy (non-hydrogen) atoms. The van der Waals surface area contributed by atoms with Crippen molar-refractivity contribution in [1.29, 1.82) is 0 Å². The second kappa shape index (κ2) is 5.95. The van der Waals surface area contributed by atoms with Gasteiger partial charge in [0.1, 0.15) is 11.6 Å². The largest absolute Gasteiger partial charge is 0.342 e. The van der Waals surface area contributed by atoms with Crippen molar-refractivity contribution in [3.8, 4) is 0 Å². The van der Waals surface area contributed by atoms with E-state index in [0.29, 0.717) is 18.7 Å². The van der Waals surface area contributed by atoms with Crippen LogP contribution in [0.3, 0.4) is 0 Å². The maximum atomic E-state index is 13.5. The molecule has 0 aliphatic carbocycles. The zero-order chi connectivity index (χ0) is 13.8. The summed E-state index contributed by atoms with van der Waals surface area (Å²) in [5, 5.41) is 0. The van der Waals surface area contributed by atoms with Gasteiger partial charge in [0, 0.05) is 19.0 Å². The Balaban J connectivity index is 1.92. The Morgan fingerprint density at radius 1 is 1.26 bits per heavy atom. The summed E-state index contributed by atoms with van der Waals surface area (Å²) in [7, 11) is 0. The maximum absolute atomic E-state index is 13.5. The Kier molecular flexibility index (Phi) is 4.30. The Hall–Kier alpha value is -1.71. The zero-order valence-corrected chi connectivity index (χ0v) is 11.1. The van der Waals surface area contributed by atoms with E-state index in [1.165, 1.54) is 6.07 Å². The smallest absolute Gasteiger partial charge is 0.227 e. The molecule has 102 valence electrons. The summed E-state index contributed by atoms with van der Waals surface area (Å²) < 4.78 is 13.5. The third-order valence-electron chi connectivity index (χ3n) is 3.72. The molecule has 0 N–H and O–H groups in total. The number of hydrogen-bond donors (Lipinski definition) is 0. The minimum Gasteiger partial charge on any atom is -0.342 e. The molecule has 1 saturated heterocycles. The number of nitrogens with zero attached hydrogens (tertiary/aromatic N) is 1. The Morgan fingerprint density at radius 2 is 1.89 bits per heavy atom. The number of halogens is 1. The molecule has 1 heterocycles. The summed E-state index contributed by atoms with van der Waals surface area (Å²) in [5.74, 6) is -0.125. The second-order valence-corrected chi connectivity index (χ2v) is 5.03. The monoisotopic (exact) mass is 263 g/mol. The molecule has 0 bridgehead atoms. The number of amides is 1. The molecule has 1 fully saturated rings. The number of benzene rings is 1. The highest BCUT2D eigenvalue weighted by atomic mass is 19.1. The third-order valence-corrected chi connectivity index (χ3v) is 3.72. The first kappa shape index (κ1) is 13.7. The van der Waals surface area contributed by atoms with Gasteiger partial charge in [-0.25, -0.2) is 4.39 Å². The number of hydrogen-bond acceptors (Lipinski definition) is 2. The van der Waals surface area contributed by atoms with E-state index in [2.05, 4.69) is 0 Å². The number of carbonyl (C=O) groups excluding carboxylic acids is 2. The van der Waals surface area contributed by atoms with Gasteiger partial charge in [-0.15, -0.1) is 0 Å². The molecule has 0 saturated carbocycles. The summed E-state index contributed by atoms with van der Waals surface area (Å²) >= 11 is 0. The summed E-state index contributed by atoms with van der Waals surface area (Å²) in [5.41, 5.74) is 0.432. The molecule has 1 aromatic rings. The zero-order valence-electron chi connectivity index (χ0n) is 11.1. The highest BCUT2D eigenvalue weighted by Gasteiger charge is 2.25. The summed E-state index contributed by atoms with van der Waals surface area (Å²) in [6, 6.07) is 6.34. The van der Waals surface area contributed by atoms with Crippen molar-refractivity contribution in [3.63, 3.8) is 0 Å². The normalized spacial score (nSPS) is 16.4. The number of carbonyl (C=O) groups is 2. The van der Waals surface area contributed by atoms with E-state index in [4.69, 9.17) is 0 Å². The van der Waals surface area contributed by atoms with E-state index in [9.17, 15) is 14.0 Å². The van der Waals surface area contributed by atoms with Crippen LogP contribution in [0.25, 0.3) is 0 Å². The SMILES string of the molecule is CC(=O)C1CCN(C(=O)Cc2ccccc2F)CC1. The Labute approximate surface area is 112 Å². The minimum absolute atomic E-state index is 0.0629. The van der Waals surface area contributed by atoms with Crippen molar-refractivity contribution in [2.24, 2.45) is 5.92 Å². The molecule has 3 nitrogen and oxygen atoms in total. The van der Waals surface area contributed by atoms with Gasteiger partial charge >= 0.3 is 0 Å². The van der Waals surface area contributed by atoms with E-state index < -0.39 is 0 Å². The van der Waals surface area contributed by atoms with Crippen molar-refractivity contribution in [3.05, 3.63) is 35.6 Å². The number of rotatable bonds is 3. The lowest BCUT2D eigenvalue weighted by Crippen LogP contribution is -2.40. The average molecular weight is 263 g/mol. The molecule has 1 aromatic carbocycles. The van der Waals surface area contributed by atoms with Crippen LogP contribution in [0.4, 0.5) is 4.39 Å². The molecule has 1 aliphatic heterocycles. The van der Waals surface area contributed by atoms with Crippen LogP contribution >= 0.6 is 0 Å². The van der Waals surface area contributed by atoms with Gasteiger partial charge in [-0.2, -0.15) is 0 Å². The van der Waals surface area contributed by atoms with Gasteiger partial charge in [0.05, 0.1) is 6.42 Å². The highest BCUT2D eigenvalue weighted by Crippen LogP contribution is 2.19. The molecule has 1 amide bonds. The van der Waals surface area contributed by atoms with E-state index in [-0.39, 0.29) is 29.8 Å². The van der Waals surface area contributed by atoms with Crippen LogP contribution in [-0.4, -0.2) is 29.7 Å². The van der Waals surface area contributed by atoms with Crippen molar-refractivity contribution in [2.45, 2.75) is 26.2 Å². The van der Waals surface area contributed by atoms with Crippen LogP contribution in [0.15, 0.2) is 24.3 Å². The van der Waals surface area contributed by atoms with E-state index in [1.807, 2.05) is 0 Å². The predicted octanol–water partition coefficient (Wildman–Crippen LogP) is 2.20. The van der Waals surface area contributed by atoms with E-state index in [1.54, 1.807) is 30.0 Å². The van der Waals surface area contributed by atoms with Crippen LogP contribution in [0.1, 0.15) is 25.3 Å². The fourth-order valence-corrected chi connectivity index (χ4v) is 2.45. The van der Waals surface area contributed by atoms with Gasteiger partial charge in [0.25, 0.3) is 0 Å². The van der Waals surface area contributed by atoms with Crippen molar-refractivity contribution in [2.75, 3.05) is 13.1 Å². The standard InChI is InChI=1S/C15H18FNO2/c1-11(18)12-6-8-17(9-7-12)15(19)10-13-4-2-3-5-14(13)16/h2-5,12H,6-10H2,1H3. The van der Waals surface area contributed by atoms with Gasteiger partial charge in [-0.3, -0.25) is 9.59 Å². The van der Waals surface area contributed by atoms with E-state index in [0.717, 1.165) is 12.8 Å². The molecule has 0 aromatic heterocycles. The van der Waals surface area contributed by atoms with Gasteiger partial charge in [-0.05, 0) is 31.4 Å². The first-order valence-corrected chi connectivity index (χ1v) is 6.59. The van der Waals surface area contributed by atoms with Crippen LogP contribution in [0.2, 0.25) is 0 Å². The molecule has 2 rings (SSSR count). The quantitative estimate of drug-likeness (QED) is 0.838. The fourth-order valence-electron chi connectivity index (χ4n) is 2.45. The molecular formula is C15H18FNO2. The number of likely N-dealkylation sites (tertiary alicyclic amines) is 1. The summed E-state index contributed by atoms with van der Waals surface area (Å²) in [6.07, 6.45) is 1.54. The molecular weight excluding hydrogens is 245 g/mol. The maximum Gasteiger partial charge on any atom is 0.227 e. The average Bonchev–Trinajstić information content (AvgIpc) is 2.41. The molecule has 1 aliphatic rings. The lowest BCUT2D eigenvalue weighted by atomic mass is 9.93. The van der Waals surface area contributed by atoms with Gasteiger partial charge in [0.15, 0.2) is 0 Å². The summed E-state index contributed by atoms with van der Waals surface area (Å²) in [6.45, 7) is 2.79. The fraction of sp³-hybridized carbons (Fsp3) is 0.467. The van der Waals surface area contributed by atoms with Gasteiger partial charge < -0.3 is 4.90 Å².